The summed E-state index contributed by atoms with van der Waals surface area (Å²) in [6.07, 6.45) is 1.64. The molecule has 1 fully saturated rings. The zero-order valence-corrected chi connectivity index (χ0v) is 12.5. The molecule has 0 aromatic heterocycles. The number of aryl methyl sites for hydroxylation is 1. The van der Waals surface area contributed by atoms with Crippen molar-refractivity contribution >= 4 is 21.6 Å². The summed E-state index contributed by atoms with van der Waals surface area (Å²) < 4.78 is 26.6. The molecular formula is C13H19ClN2O2S. The van der Waals surface area contributed by atoms with Crippen LogP contribution in [-0.4, -0.2) is 32.4 Å². The van der Waals surface area contributed by atoms with Gasteiger partial charge in [0.25, 0.3) is 0 Å². The molecule has 6 heteroatoms. The monoisotopic (exact) mass is 302 g/mol. The van der Waals surface area contributed by atoms with Crippen LogP contribution in [0.25, 0.3) is 0 Å². The van der Waals surface area contributed by atoms with E-state index in [4.69, 9.17) is 17.3 Å². The maximum Gasteiger partial charge on any atom is 0.244 e. The minimum Gasteiger partial charge on any atom is -0.330 e. The third-order valence-electron chi connectivity index (χ3n) is 3.68. The molecule has 2 N–H and O–H groups in total. The summed E-state index contributed by atoms with van der Waals surface area (Å²) in [5.41, 5.74) is 6.40. The molecule has 0 atom stereocenters. The van der Waals surface area contributed by atoms with Crippen LogP contribution in [0.1, 0.15) is 18.4 Å². The second-order valence-electron chi connectivity index (χ2n) is 4.97. The summed E-state index contributed by atoms with van der Waals surface area (Å²) >= 11 is 6.13. The van der Waals surface area contributed by atoms with E-state index >= 15 is 0 Å². The van der Waals surface area contributed by atoms with Gasteiger partial charge in [0.1, 0.15) is 4.90 Å². The van der Waals surface area contributed by atoms with Crippen molar-refractivity contribution in [3.63, 3.8) is 0 Å². The zero-order chi connectivity index (χ0) is 14.0. The second kappa shape index (κ2) is 5.79. The first-order valence-corrected chi connectivity index (χ1v) is 8.24. The van der Waals surface area contributed by atoms with Crippen molar-refractivity contribution in [2.75, 3.05) is 19.6 Å². The van der Waals surface area contributed by atoms with Crippen molar-refractivity contribution in [3.05, 3.63) is 28.8 Å². The number of nitrogens with two attached hydrogens (primary N) is 1. The first kappa shape index (κ1) is 14.8. The molecule has 1 heterocycles. The number of sulfonamides is 1. The van der Waals surface area contributed by atoms with Crippen LogP contribution >= 0.6 is 11.6 Å². The number of hydrogen-bond acceptors (Lipinski definition) is 3. The van der Waals surface area contributed by atoms with Crippen molar-refractivity contribution in [1.82, 2.24) is 4.31 Å². The van der Waals surface area contributed by atoms with Gasteiger partial charge in [0.05, 0.1) is 5.02 Å². The van der Waals surface area contributed by atoms with E-state index in [9.17, 15) is 8.42 Å². The summed E-state index contributed by atoms with van der Waals surface area (Å²) in [4.78, 5) is 0.209. The highest BCUT2D eigenvalue weighted by Gasteiger charge is 2.30. The summed E-state index contributed by atoms with van der Waals surface area (Å²) in [6.45, 7) is 3.48. The smallest absolute Gasteiger partial charge is 0.244 e. The van der Waals surface area contributed by atoms with Gasteiger partial charge in [-0.1, -0.05) is 23.7 Å². The fourth-order valence-corrected chi connectivity index (χ4v) is 4.37. The van der Waals surface area contributed by atoms with Crippen LogP contribution in [0.2, 0.25) is 5.02 Å². The lowest BCUT2D eigenvalue weighted by molar-refractivity contribution is 0.278. The predicted molar refractivity (Wildman–Crippen MR) is 76.7 cm³/mol. The molecule has 1 aliphatic heterocycles. The molecule has 0 amide bonds. The molecule has 1 saturated heterocycles. The van der Waals surface area contributed by atoms with Gasteiger partial charge < -0.3 is 5.73 Å². The van der Waals surface area contributed by atoms with Gasteiger partial charge >= 0.3 is 0 Å². The van der Waals surface area contributed by atoms with E-state index in [0.717, 1.165) is 18.4 Å². The number of rotatable bonds is 3. The third kappa shape index (κ3) is 2.94. The molecule has 0 aliphatic carbocycles. The average molecular weight is 303 g/mol. The Morgan fingerprint density at radius 3 is 2.58 bits per heavy atom. The van der Waals surface area contributed by atoms with Crippen molar-refractivity contribution in [2.24, 2.45) is 11.7 Å². The minimum atomic E-state index is -3.49. The van der Waals surface area contributed by atoms with Crippen LogP contribution in [0.3, 0.4) is 0 Å². The van der Waals surface area contributed by atoms with Crippen LogP contribution in [0.5, 0.6) is 0 Å². The fraction of sp³-hybridized carbons (Fsp3) is 0.538. The SMILES string of the molecule is Cc1cccc(S(=O)(=O)N2CCC(CN)CC2)c1Cl. The molecule has 106 valence electrons. The number of piperidine rings is 1. The molecule has 0 radical (unpaired) electrons. The molecule has 1 aliphatic rings. The molecule has 4 nitrogen and oxygen atoms in total. The Labute approximate surface area is 119 Å². The Bertz CT molecular complexity index is 552. The first-order chi connectivity index (χ1) is 8.96. The topological polar surface area (TPSA) is 63.4 Å². The van der Waals surface area contributed by atoms with Gasteiger partial charge in [0, 0.05) is 13.1 Å². The van der Waals surface area contributed by atoms with E-state index in [2.05, 4.69) is 0 Å². The summed E-state index contributed by atoms with van der Waals surface area (Å²) in [5, 5.41) is 0.323. The Morgan fingerprint density at radius 2 is 2.00 bits per heavy atom. The molecule has 1 aromatic rings. The summed E-state index contributed by atoms with van der Waals surface area (Å²) in [5.74, 6) is 0.430. The highest BCUT2D eigenvalue weighted by atomic mass is 35.5. The van der Waals surface area contributed by atoms with Crippen LogP contribution in [0.4, 0.5) is 0 Å². The molecule has 2 rings (SSSR count). The second-order valence-corrected chi connectivity index (χ2v) is 7.25. The number of hydrogen-bond donors (Lipinski definition) is 1. The normalized spacial score (nSPS) is 18.7. The van der Waals surface area contributed by atoms with Crippen molar-refractivity contribution in [3.8, 4) is 0 Å². The molecule has 0 saturated carbocycles. The van der Waals surface area contributed by atoms with E-state index in [0.29, 0.717) is 30.6 Å². The minimum absolute atomic E-state index is 0.209. The quantitative estimate of drug-likeness (QED) is 0.929. The van der Waals surface area contributed by atoms with Crippen molar-refractivity contribution in [1.29, 1.82) is 0 Å². The first-order valence-electron chi connectivity index (χ1n) is 6.42. The summed E-state index contributed by atoms with van der Waals surface area (Å²) in [6, 6.07) is 5.10. The van der Waals surface area contributed by atoms with Gasteiger partial charge in [-0.25, -0.2) is 8.42 Å². The van der Waals surface area contributed by atoms with Crippen LogP contribution in [0.15, 0.2) is 23.1 Å². The van der Waals surface area contributed by atoms with E-state index in [-0.39, 0.29) is 4.90 Å². The van der Waals surface area contributed by atoms with Crippen molar-refractivity contribution < 1.29 is 8.42 Å². The zero-order valence-electron chi connectivity index (χ0n) is 11.0. The lowest BCUT2D eigenvalue weighted by Gasteiger charge is -2.30. The van der Waals surface area contributed by atoms with Crippen LogP contribution in [0, 0.1) is 12.8 Å². The largest absolute Gasteiger partial charge is 0.330 e. The fourth-order valence-electron chi connectivity index (χ4n) is 2.34. The Balaban J connectivity index is 2.26. The van der Waals surface area contributed by atoms with E-state index in [1.54, 1.807) is 12.1 Å². The maximum absolute atomic E-state index is 12.6. The van der Waals surface area contributed by atoms with Gasteiger partial charge in [-0.2, -0.15) is 4.31 Å². The molecular weight excluding hydrogens is 284 g/mol. The number of halogens is 1. The van der Waals surface area contributed by atoms with Crippen molar-refractivity contribution in [2.45, 2.75) is 24.7 Å². The van der Waals surface area contributed by atoms with Gasteiger partial charge in [0.15, 0.2) is 0 Å². The van der Waals surface area contributed by atoms with Gasteiger partial charge in [-0.15, -0.1) is 0 Å². The molecule has 0 spiro atoms. The maximum atomic E-state index is 12.6. The lowest BCUT2D eigenvalue weighted by Crippen LogP contribution is -2.40. The highest BCUT2D eigenvalue weighted by Crippen LogP contribution is 2.29. The molecule has 1 aromatic carbocycles. The van der Waals surface area contributed by atoms with Gasteiger partial charge in [-0.3, -0.25) is 0 Å². The van der Waals surface area contributed by atoms with Gasteiger partial charge in [-0.05, 0) is 43.9 Å². The van der Waals surface area contributed by atoms with Gasteiger partial charge in [0.2, 0.25) is 10.0 Å². The Kier molecular flexibility index (Phi) is 4.50. The summed E-state index contributed by atoms with van der Waals surface area (Å²) in [7, 11) is -3.49. The third-order valence-corrected chi connectivity index (χ3v) is 6.24. The number of nitrogens with zero attached hydrogens (tertiary/aromatic N) is 1. The number of benzene rings is 1. The Morgan fingerprint density at radius 1 is 1.37 bits per heavy atom. The standard InChI is InChI=1S/C13H19ClN2O2S/c1-10-3-2-4-12(13(10)14)19(17,18)16-7-5-11(9-15)6-8-16/h2-4,11H,5-9,15H2,1H3. The van der Waals surface area contributed by atoms with Crippen LogP contribution < -0.4 is 5.73 Å². The van der Waals surface area contributed by atoms with E-state index < -0.39 is 10.0 Å². The Hall–Kier alpha value is -0.620. The lowest BCUT2D eigenvalue weighted by atomic mass is 9.99. The molecule has 19 heavy (non-hydrogen) atoms. The highest BCUT2D eigenvalue weighted by molar-refractivity contribution is 7.89. The predicted octanol–water partition coefficient (Wildman–Crippen LogP) is 2.01. The van der Waals surface area contributed by atoms with E-state index in [1.807, 2.05) is 13.0 Å². The average Bonchev–Trinajstić information content (AvgIpc) is 2.41. The van der Waals surface area contributed by atoms with E-state index in [1.165, 1.54) is 4.31 Å². The van der Waals surface area contributed by atoms with Crippen LogP contribution in [-0.2, 0) is 10.0 Å². The molecule has 0 bridgehead atoms. The molecule has 0 unspecified atom stereocenters.